The molecule has 0 aliphatic heterocycles. The van der Waals surface area contributed by atoms with Gasteiger partial charge in [-0.3, -0.25) is 0 Å². The molecule has 3 aromatic rings. The summed E-state index contributed by atoms with van der Waals surface area (Å²) >= 11 is 4.54. The molecule has 5 heteroatoms. The number of rotatable bonds is 3. The molecular weight excluding hydrogens is 540 g/mol. The molecule has 1 atom stereocenters. The van der Waals surface area contributed by atoms with E-state index in [1.807, 2.05) is 30.3 Å². The maximum Gasteiger partial charge on any atom is 0.172 e. The van der Waals surface area contributed by atoms with Gasteiger partial charge >= 0.3 is 0 Å². The van der Waals surface area contributed by atoms with Gasteiger partial charge in [0.15, 0.2) is 14.7 Å². The summed E-state index contributed by atoms with van der Waals surface area (Å²) < 4.78 is 29.7. The van der Waals surface area contributed by atoms with E-state index in [2.05, 4.69) is 63.4 Å². The molecule has 23 heavy (non-hydrogen) atoms. The molecule has 1 unspecified atom stereocenters. The zero-order valence-electron chi connectivity index (χ0n) is 11.8. The van der Waals surface area contributed by atoms with Crippen LogP contribution in [0.2, 0.25) is 0 Å². The summed E-state index contributed by atoms with van der Waals surface area (Å²) in [6.45, 7) is 0. The topological polar surface area (TPSA) is 0 Å². The predicted molar refractivity (Wildman–Crippen MR) is 107 cm³/mol. The molecular formula is C18H11F2I2S+. The van der Waals surface area contributed by atoms with Crippen LogP contribution in [0.1, 0.15) is 0 Å². The van der Waals surface area contributed by atoms with E-state index < -0.39 is 22.5 Å². The van der Waals surface area contributed by atoms with Crippen molar-refractivity contribution in [3.63, 3.8) is 0 Å². The van der Waals surface area contributed by atoms with Crippen molar-refractivity contribution in [1.82, 2.24) is 0 Å². The molecule has 0 amide bonds. The van der Waals surface area contributed by atoms with Crippen molar-refractivity contribution in [2.45, 2.75) is 14.7 Å². The van der Waals surface area contributed by atoms with Gasteiger partial charge in [0.1, 0.15) is 11.6 Å². The van der Waals surface area contributed by atoms with Gasteiger partial charge in [-0.25, -0.2) is 8.78 Å². The van der Waals surface area contributed by atoms with Crippen LogP contribution in [0.15, 0.2) is 81.4 Å². The van der Waals surface area contributed by atoms with Gasteiger partial charge in [0.25, 0.3) is 0 Å². The fraction of sp³-hybridized carbons (Fsp3) is 0. The Kier molecular flexibility index (Phi) is 5.58. The summed E-state index contributed by atoms with van der Waals surface area (Å²) in [5.74, 6) is -1.09. The van der Waals surface area contributed by atoms with E-state index in [-0.39, 0.29) is 0 Å². The van der Waals surface area contributed by atoms with Gasteiger partial charge in [-0.15, -0.1) is 0 Å². The van der Waals surface area contributed by atoms with E-state index in [0.29, 0.717) is 4.90 Å². The standard InChI is InChI=1S/C18H11F2I2S/c19-12-6-13(20)8-17(7-12)23(16-4-2-1-3-5-16)18-10-14(21)9-15(22)11-18/h1-11H/q+1. The molecule has 0 saturated heterocycles. The minimum absolute atomic E-state index is 0.545. The SMILES string of the molecule is Fc1cc(F)cc([S+](c2ccccc2)c2cc(I)cc(I)c2)c1. The van der Waals surface area contributed by atoms with Gasteiger partial charge in [-0.1, -0.05) is 18.2 Å². The van der Waals surface area contributed by atoms with Crippen LogP contribution >= 0.6 is 45.2 Å². The predicted octanol–water partition coefficient (Wildman–Crippen LogP) is 6.27. The third-order valence-corrected chi connectivity index (χ3v) is 6.53. The Balaban J connectivity index is 2.22. The number of hydrogen-bond acceptors (Lipinski definition) is 0. The molecule has 3 aromatic carbocycles. The third kappa shape index (κ3) is 4.24. The van der Waals surface area contributed by atoms with Crippen molar-refractivity contribution >= 4 is 56.1 Å². The van der Waals surface area contributed by atoms with Crippen molar-refractivity contribution in [2.24, 2.45) is 0 Å². The first kappa shape index (κ1) is 17.2. The van der Waals surface area contributed by atoms with E-state index in [9.17, 15) is 8.78 Å². The molecule has 0 radical (unpaired) electrons. The summed E-state index contributed by atoms with van der Waals surface area (Å²) in [7, 11) is -0.545. The van der Waals surface area contributed by atoms with E-state index in [4.69, 9.17) is 0 Å². The normalized spacial score (nSPS) is 12.2. The molecule has 0 saturated carbocycles. The Hall–Kier alpha value is -0.670. The fourth-order valence-electron chi connectivity index (χ4n) is 2.26. The van der Waals surface area contributed by atoms with Crippen LogP contribution in [0, 0.1) is 18.8 Å². The second kappa shape index (κ2) is 7.48. The lowest BCUT2D eigenvalue weighted by atomic mass is 10.3. The Morgan fingerprint density at radius 1 is 0.609 bits per heavy atom. The highest BCUT2D eigenvalue weighted by Crippen LogP contribution is 2.33. The minimum Gasteiger partial charge on any atom is -0.207 e. The van der Waals surface area contributed by atoms with Gasteiger partial charge in [0.2, 0.25) is 0 Å². The van der Waals surface area contributed by atoms with Gasteiger partial charge in [-0.2, -0.15) is 0 Å². The van der Waals surface area contributed by atoms with Crippen molar-refractivity contribution < 1.29 is 8.78 Å². The van der Waals surface area contributed by atoms with Crippen LogP contribution in [0.3, 0.4) is 0 Å². The highest BCUT2D eigenvalue weighted by atomic mass is 127. The smallest absolute Gasteiger partial charge is 0.172 e. The van der Waals surface area contributed by atoms with E-state index in [0.717, 1.165) is 23.0 Å². The second-order valence-electron chi connectivity index (χ2n) is 4.83. The average molecular weight is 551 g/mol. The van der Waals surface area contributed by atoms with Crippen LogP contribution in [0.5, 0.6) is 0 Å². The Morgan fingerprint density at radius 2 is 1.13 bits per heavy atom. The highest BCUT2D eigenvalue weighted by molar-refractivity contribution is 14.1. The van der Waals surface area contributed by atoms with Gasteiger partial charge in [0.05, 0.1) is 10.9 Å². The summed E-state index contributed by atoms with van der Waals surface area (Å²) in [4.78, 5) is 2.74. The number of halogens is 4. The van der Waals surface area contributed by atoms with Crippen molar-refractivity contribution in [3.05, 3.63) is 85.5 Å². The second-order valence-corrected chi connectivity index (χ2v) is 9.35. The lowest BCUT2D eigenvalue weighted by Gasteiger charge is -2.09. The zero-order chi connectivity index (χ0) is 16.4. The molecule has 0 heterocycles. The van der Waals surface area contributed by atoms with Crippen molar-refractivity contribution in [2.75, 3.05) is 0 Å². The van der Waals surface area contributed by atoms with Crippen LogP contribution in [0.4, 0.5) is 8.78 Å². The Morgan fingerprint density at radius 3 is 1.70 bits per heavy atom. The first-order valence-corrected chi connectivity index (χ1v) is 10.1. The first-order valence-electron chi connectivity index (χ1n) is 6.74. The monoisotopic (exact) mass is 551 g/mol. The molecule has 0 spiro atoms. The summed E-state index contributed by atoms with van der Waals surface area (Å²) in [6.07, 6.45) is 0. The van der Waals surface area contributed by atoms with Crippen molar-refractivity contribution in [3.8, 4) is 0 Å². The summed E-state index contributed by atoms with van der Waals surface area (Å²) in [5, 5.41) is 0. The quantitative estimate of drug-likeness (QED) is 0.266. The largest absolute Gasteiger partial charge is 0.207 e. The molecule has 0 fully saturated rings. The summed E-state index contributed by atoms with van der Waals surface area (Å²) in [5.41, 5.74) is 0. The van der Waals surface area contributed by atoms with Gasteiger partial charge < -0.3 is 0 Å². The maximum absolute atomic E-state index is 13.7. The van der Waals surface area contributed by atoms with Crippen LogP contribution in [0.25, 0.3) is 0 Å². The molecule has 3 rings (SSSR count). The molecule has 0 nitrogen and oxygen atoms in total. The zero-order valence-corrected chi connectivity index (χ0v) is 16.9. The molecule has 0 aliphatic carbocycles. The van der Waals surface area contributed by atoms with Crippen LogP contribution in [-0.2, 0) is 10.9 Å². The molecule has 116 valence electrons. The number of benzene rings is 3. The fourth-order valence-corrected chi connectivity index (χ4v) is 6.81. The Labute approximate surface area is 163 Å². The molecule has 0 bridgehead atoms. The van der Waals surface area contributed by atoms with E-state index in [1.165, 1.54) is 12.1 Å². The van der Waals surface area contributed by atoms with Crippen LogP contribution in [-0.4, -0.2) is 0 Å². The average Bonchev–Trinajstić information content (AvgIpc) is 2.46. The molecule has 0 aliphatic rings. The van der Waals surface area contributed by atoms with Gasteiger partial charge in [-0.05, 0) is 63.4 Å². The van der Waals surface area contributed by atoms with Crippen molar-refractivity contribution in [1.29, 1.82) is 0 Å². The minimum atomic E-state index is -0.547. The lowest BCUT2D eigenvalue weighted by Crippen LogP contribution is -2.06. The Bertz CT molecular complexity index is 746. The lowest BCUT2D eigenvalue weighted by molar-refractivity contribution is 0.577. The first-order chi connectivity index (χ1) is 11.0. The van der Waals surface area contributed by atoms with E-state index in [1.54, 1.807) is 0 Å². The summed E-state index contributed by atoms with van der Waals surface area (Å²) in [6, 6.07) is 19.8. The molecule has 0 aromatic heterocycles. The van der Waals surface area contributed by atoms with Crippen LogP contribution < -0.4 is 0 Å². The highest BCUT2D eigenvalue weighted by Gasteiger charge is 2.30. The third-order valence-electron chi connectivity index (χ3n) is 3.12. The van der Waals surface area contributed by atoms with Gasteiger partial charge in [0, 0.05) is 37.5 Å². The van der Waals surface area contributed by atoms with E-state index >= 15 is 0 Å². The number of hydrogen-bond donors (Lipinski definition) is 0. The maximum atomic E-state index is 13.7. The molecule has 0 N–H and O–H groups in total.